The predicted molar refractivity (Wildman–Crippen MR) is 101 cm³/mol. The highest BCUT2D eigenvalue weighted by Crippen LogP contribution is 2.32. The van der Waals surface area contributed by atoms with Gasteiger partial charge < -0.3 is 14.6 Å². The zero-order chi connectivity index (χ0) is 19.9. The normalized spacial score (nSPS) is 14.5. The van der Waals surface area contributed by atoms with Crippen LogP contribution in [0.2, 0.25) is 0 Å². The number of sulfone groups is 1. The number of nitrogens with one attached hydrogen (secondary N) is 1. The Kier molecular flexibility index (Phi) is 4.38. The second-order valence-electron chi connectivity index (χ2n) is 6.22. The molecule has 1 aliphatic heterocycles. The van der Waals surface area contributed by atoms with Gasteiger partial charge in [-0.3, -0.25) is 4.79 Å². The lowest BCUT2D eigenvalue weighted by Gasteiger charge is -2.10. The minimum absolute atomic E-state index is 0.00425. The van der Waals surface area contributed by atoms with E-state index in [9.17, 15) is 17.6 Å². The fourth-order valence-electron chi connectivity index (χ4n) is 3.10. The van der Waals surface area contributed by atoms with Crippen molar-refractivity contribution in [3.8, 4) is 17.0 Å². The fourth-order valence-corrected chi connectivity index (χ4v) is 4.46. The number of rotatable bonds is 4. The van der Waals surface area contributed by atoms with Crippen molar-refractivity contribution in [3.63, 3.8) is 0 Å². The number of imidazole rings is 1. The average Bonchev–Trinajstić information content (AvgIpc) is 3.21. The molecule has 0 saturated heterocycles. The number of benzene rings is 2. The molecule has 3 aromatic rings. The van der Waals surface area contributed by atoms with Gasteiger partial charge in [-0.1, -0.05) is 12.1 Å². The number of nitrogens with zero attached hydrogens (tertiary/aromatic N) is 2. The number of amides is 1. The van der Waals surface area contributed by atoms with Crippen molar-refractivity contribution in [2.24, 2.45) is 0 Å². The van der Waals surface area contributed by atoms with Crippen LogP contribution in [0.15, 0.2) is 53.7 Å². The number of fused-ring (bicyclic) bond motifs is 1. The maximum atomic E-state index is 13.9. The Morgan fingerprint density at radius 3 is 2.57 bits per heavy atom. The smallest absolute Gasteiger partial charge is 0.274 e. The maximum Gasteiger partial charge on any atom is 0.274 e. The molecule has 0 aliphatic carbocycles. The van der Waals surface area contributed by atoms with Crippen LogP contribution in [-0.4, -0.2) is 36.7 Å². The summed E-state index contributed by atoms with van der Waals surface area (Å²) in [4.78, 5) is 17.2. The Balaban J connectivity index is 1.83. The zero-order valence-corrected chi connectivity index (χ0v) is 15.7. The fraction of sp³-hybridized carbons (Fsp3) is 0.158. The lowest BCUT2D eigenvalue weighted by molar-refractivity contribution is 0.101. The molecule has 0 atom stereocenters. The Morgan fingerprint density at radius 1 is 1.18 bits per heavy atom. The molecule has 7 nitrogen and oxygen atoms in total. The Bertz CT molecular complexity index is 1170. The summed E-state index contributed by atoms with van der Waals surface area (Å²) in [5.41, 5.74) is 0.848. The molecule has 4 rings (SSSR count). The topological polar surface area (TPSA) is 90.3 Å². The van der Waals surface area contributed by atoms with Crippen molar-refractivity contribution in [3.05, 3.63) is 60.0 Å². The number of aromatic nitrogens is 2. The lowest BCUT2D eigenvalue weighted by Crippen LogP contribution is -2.18. The van der Waals surface area contributed by atoms with Crippen LogP contribution in [-0.2, 0) is 16.4 Å². The first-order valence-electron chi connectivity index (χ1n) is 8.44. The van der Waals surface area contributed by atoms with Crippen molar-refractivity contribution < 1.29 is 22.3 Å². The van der Waals surface area contributed by atoms with Gasteiger partial charge in [0.15, 0.2) is 0 Å². The van der Waals surface area contributed by atoms with E-state index in [1.807, 2.05) is 0 Å². The van der Waals surface area contributed by atoms with Crippen molar-refractivity contribution in [1.82, 2.24) is 9.55 Å². The van der Waals surface area contributed by atoms with Gasteiger partial charge in [0.1, 0.15) is 23.0 Å². The molecule has 0 bridgehead atoms. The molecule has 0 spiro atoms. The molecule has 0 radical (unpaired) electrons. The SMILES string of the molecule is COc1ccc(-c2nc3n(c2C(=O)Nc2ccccc2F)CCS3(=O)=O)cc1. The molecule has 9 heteroatoms. The highest BCUT2D eigenvalue weighted by atomic mass is 32.2. The number of ether oxygens (including phenoxy) is 1. The Hall–Kier alpha value is -3.20. The van der Waals surface area contributed by atoms with Crippen molar-refractivity contribution in [1.29, 1.82) is 0 Å². The first-order chi connectivity index (χ1) is 13.4. The second kappa shape index (κ2) is 6.75. The third-order valence-corrected chi connectivity index (χ3v) is 6.08. The van der Waals surface area contributed by atoms with Crippen molar-refractivity contribution >= 4 is 21.4 Å². The molecule has 0 saturated carbocycles. The molecule has 2 heterocycles. The van der Waals surface area contributed by atoms with Gasteiger partial charge in [0, 0.05) is 12.1 Å². The maximum absolute atomic E-state index is 13.9. The third kappa shape index (κ3) is 3.03. The van der Waals surface area contributed by atoms with Crippen LogP contribution >= 0.6 is 0 Å². The van der Waals surface area contributed by atoms with Crippen LogP contribution in [0.25, 0.3) is 11.3 Å². The monoisotopic (exact) mass is 401 g/mol. The number of halogens is 1. The molecular formula is C19H16FN3O4S. The highest BCUT2D eigenvalue weighted by Gasteiger charge is 2.35. The second-order valence-corrected chi connectivity index (χ2v) is 8.23. The number of hydrogen-bond acceptors (Lipinski definition) is 5. The van der Waals surface area contributed by atoms with Crippen LogP contribution < -0.4 is 10.1 Å². The Morgan fingerprint density at radius 2 is 1.89 bits per heavy atom. The molecular weight excluding hydrogens is 385 g/mol. The average molecular weight is 401 g/mol. The molecule has 144 valence electrons. The van der Waals surface area contributed by atoms with Gasteiger partial charge >= 0.3 is 0 Å². The zero-order valence-electron chi connectivity index (χ0n) is 14.8. The van der Waals surface area contributed by atoms with E-state index in [2.05, 4.69) is 10.3 Å². The summed E-state index contributed by atoms with van der Waals surface area (Å²) in [6, 6.07) is 12.5. The molecule has 0 unspecified atom stereocenters. The molecule has 1 amide bonds. The minimum Gasteiger partial charge on any atom is -0.497 e. The van der Waals surface area contributed by atoms with Gasteiger partial charge in [0.25, 0.3) is 5.91 Å². The van der Waals surface area contributed by atoms with Gasteiger partial charge in [0.2, 0.25) is 15.0 Å². The van der Waals surface area contributed by atoms with E-state index in [1.54, 1.807) is 30.3 Å². The number of methoxy groups -OCH3 is 1. The van der Waals surface area contributed by atoms with Crippen LogP contribution in [0.3, 0.4) is 0 Å². The lowest BCUT2D eigenvalue weighted by atomic mass is 10.1. The van der Waals surface area contributed by atoms with Gasteiger partial charge in [-0.15, -0.1) is 0 Å². The molecule has 1 N–H and O–H groups in total. The van der Waals surface area contributed by atoms with Crippen LogP contribution in [0, 0.1) is 5.82 Å². The van der Waals surface area contributed by atoms with Crippen molar-refractivity contribution in [2.75, 3.05) is 18.2 Å². The predicted octanol–water partition coefficient (Wildman–Crippen LogP) is 2.74. The summed E-state index contributed by atoms with van der Waals surface area (Å²) < 4.78 is 45.0. The largest absolute Gasteiger partial charge is 0.497 e. The summed E-state index contributed by atoms with van der Waals surface area (Å²) in [6.07, 6.45) is 0. The minimum atomic E-state index is -3.57. The van der Waals surface area contributed by atoms with E-state index in [0.717, 1.165) is 0 Å². The van der Waals surface area contributed by atoms with Gasteiger partial charge in [-0.05, 0) is 36.4 Å². The van der Waals surface area contributed by atoms with E-state index >= 15 is 0 Å². The molecule has 28 heavy (non-hydrogen) atoms. The molecule has 2 aromatic carbocycles. The van der Waals surface area contributed by atoms with Gasteiger partial charge in [0.05, 0.1) is 18.6 Å². The van der Waals surface area contributed by atoms with Gasteiger partial charge in [-0.25, -0.2) is 17.8 Å². The summed E-state index contributed by atoms with van der Waals surface area (Å²) in [7, 11) is -2.04. The number of carbonyl (C=O) groups excluding carboxylic acids is 1. The van der Waals surface area contributed by atoms with Gasteiger partial charge in [-0.2, -0.15) is 0 Å². The van der Waals surface area contributed by atoms with Crippen LogP contribution in [0.4, 0.5) is 10.1 Å². The van der Waals surface area contributed by atoms with Crippen LogP contribution in [0.1, 0.15) is 10.5 Å². The molecule has 1 aliphatic rings. The Labute approximate surface area is 160 Å². The number of carbonyl (C=O) groups is 1. The van der Waals surface area contributed by atoms with E-state index in [4.69, 9.17) is 4.74 Å². The van der Waals surface area contributed by atoms with Crippen molar-refractivity contribution in [2.45, 2.75) is 11.7 Å². The summed E-state index contributed by atoms with van der Waals surface area (Å²) in [5, 5.41) is 2.35. The van der Waals surface area contributed by atoms with Crippen LogP contribution in [0.5, 0.6) is 5.75 Å². The summed E-state index contributed by atoms with van der Waals surface area (Å²) in [6.45, 7) is 0.112. The third-order valence-electron chi connectivity index (χ3n) is 4.49. The number of para-hydroxylation sites is 1. The summed E-state index contributed by atoms with van der Waals surface area (Å²) >= 11 is 0. The number of anilines is 1. The van der Waals surface area contributed by atoms with E-state index in [1.165, 1.54) is 29.9 Å². The molecule has 1 aromatic heterocycles. The van der Waals surface area contributed by atoms with E-state index < -0.39 is 21.6 Å². The summed E-state index contributed by atoms with van der Waals surface area (Å²) in [5.74, 6) is -0.735. The van der Waals surface area contributed by atoms with E-state index in [0.29, 0.717) is 11.3 Å². The number of hydrogen-bond donors (Lipinski definition) is 1. The standard InChI is InChI=1S/C19H16FN3O4S/c1-27-13-8-6-12(7-9-13)16-17(23-10-11-28(25,26)19(23)22-16)18(24)21-15-5-3-2-4-14(15)20/h2-9H,10-11H2,1H3,(H,21,24). The first-order valence-corrected chi connectivity index (χ1v) is 10.1. The highest BCUT2D eigenvalue weighted by molar-refractivity contribution is 7.91. The quantitative estimate of drug-likeness (QED) is 0.726. The first kappa shape index (κ1) is 18.2. The molecule has 0 fully saturated rings. The van der Waals surface area contributed by atoms with E-state index in [-0.39, 0.29) is 34.5 Å².